The lowest BCUT2D eigenvalue weighted by Gasteiger charge is -2.32. The van der Waals surface area contributed by atoms with E-state index in [1.165, 1.54) is 0 Å². The third kappa shape index (κ3) is 3.89. The standard InChI is InChI=1S/C16H25N3O5/c1-18-14-5-4-12(19(7-9-20)8-10-21)11-13(14)17-16(18,24)6-2-3-15(22)23/h4-5,11,17,20-21,24H,2-3,6-10H2,1H3,(H,22,23). The summed E-state index contributed by atoms with van der Waals surface area (Å²) in [4.78, 5) is 14.2. The summed E-state index contributed by atoms with van der Waals surface area (Å²) in [6, 6.07) is 5.58. The van der Waals surface area contributed by atoms with Crippen LogP contribution in [0.25, 0.3) is 0 Å². The predicted molar refractivity (Wildman–Crippen MR) is 91.3 cm³/mol. The highest BCUT2D eigenvalue weighted by Crippen LogP contribution is 2.41. The second-order valence-electron chi connectivity index (χ2n) is 5.88. The number of nitrogens with zero attached hydrogens (tertiary/aromatic N) is 2. The van der Waals surface area contributed by atoms with Crippen LogP contribution in [0.4, 0.5) is 17.1 Å². The van der Waals surface area contributed by atoms with E-state index >= 15 is 0 Å². The number of benzene rings is 1. The quantitative estimate of drug-likeness (QED) is 0.434. The molecule has 24 heavy (non-hydrogen) atoms. The maximum atomic E-state index is 10.8. The third-order valence-electron chi connectivity index (χ3n) is 4.25. The van der Waals surface area contributed by atoms with Gasteiger partial charge < -0.3 is 35.5 Å². The second kappa shape index (κ2) is 7.69. The molecule has 1 heterocycles. The summed E-state index contributed by atoms with van der Waals surface area (Å²) >= 11 is 0. The second-order valence-corrected chi connectivity index (χ2v) is 5.88. The van der Waals surface area contributed by atoms with Crippen LogP contribution in [0, 0.1) is 0 Å². The van der Waals surface area contributed by atoms with Crippen molar-refractivity contribution in [2.45, 2.75) is 25.1 Å². The van der Waals surface area contributed by atoms with E-state index in [1.54, 1.807) is 11.9 Å². The molecule has 5 N–H and O–H groups in total. The summed E-state index contributed by atoms with van der Waals surface area (Å²) < 4.78 is 0. The summed E-state index contributed by atoms with van der Waals surface area (Å²) in [5.41, 5.74) is 2.37. The molecule has 1 atom stereocenters. The molecule has 0 saturated heterocycles. The number of aliphatic hydroxyl groups is 3. The van der Waals surface area contributed by atoms with Crippen LogP contribution >= 0.6 is 0 Å². The first-order valence-electron chi connectivity index (χ1n) is 7.98. The highest BCUT2D eigenvalue weighted by atomic mass is 16.4. The van der Waals surface area contributed by atoms with Crippen molar-refractivity contribution in [3.63, 3.8) is 0 Å². The molecule has 1 aliphatic heterocycles. The zero-order valence-electron chi connectivity index (χ0n) is 13.8. The summed E-state index contributed by atoms with van der Waals surface area (Å²) in [7, 11) is 1.75. The van der Waals surface area contributed by atoms with E-state index in [2.05, 4.69) is 5.32 Å². The normalized spacial score (nSPS) is 19.1. The lowest BCUT2D eigenvalue weighted by molar-refractivity contribution is -0.137. The molecule has 0 amide bonds. The van der Waals surface area contributed by atoms with Crippen molar-refractivity contribution in [3.8, 4) is 0 Å². The summed E-state index contributed by atoms with van der Waals surface area (Å²) in [5.74, 6) is -2.21. The number of rotatable bonds is 9. The van der Waals surface area contributed by atoms with Crippen LogP contribution < -0.4 is 15.1 Å². The maximum Gasteiger partial charge on any atom is 0.303 e. The summed E-state index contributed by atoms with van der Waals surface area (Å²) in [6.45, 7) is 0.753. The first kappa shape index (κ1) is 18.3. The van der Waals surface area contributed by atoms with Gasteiger partial charge in [0, 0.05) is 38.7 Å². The van der Waals surface area contributed by atoms with Gasteiger partial charge in [-0.25, -0.2) is 0 Å². The van der Waals surface area contributed by atoms with Gasteiger partial charge in [0.05, 0.1) is 24.6 Å². The number of nitrogens with one attached hydrogen (secondary N) is 1. The first-order valence-corrected chi connectivity index (χ1v) is 7.98. The number of anilines is 3. The molecule has 1 aromatic carbocycles. The first-order chi connectivity index (χ1) is 11.4. The molecule has 0 aliphatic carbocycles. The lowest BCUT2D eigenvalue weighted by atomic mass is 10.1. The summed E-state index contributed by atoms with van der Waals surface area (Å²) in [6.07, 6.45) is 0.627. The van der Waals surface area contributed by atoms with Gasteiger partial charge in [0.15, 0.2) is 0 Å². The maximum absolute atomic E-state index is 10.8. The van der Waals surface area contributed by atoms with Gasteiger partial charge in [0.1, 0.15) is 0 Å². The molecule has 0 saturated carbocycles. The fourth-order valence-electron chi connectivity index (χ4n) is 2.94. The van der Waals surface area contributed by atoms with Crippen LogP contribution in [0.3, 0.4) is 0 Å². The van der Waals surface area contributed by atoms with Gasteiger partial charge in [-0.15, -0.1) is 0 Å². The molecule has 0 bridgehead atoms. The number of hydrogen-bond donors (Lipinski definition) is 5. The molecule has 1 unspecified atom stereocenters. The van der Waals surface area contributed by atoms with Crippen molar-refractivity contribution in [2.24, 2.45) is 0 Å². The molecule has 0 radical (unpaired) electrons. The van der Waals surface area contributed by atoms with E-state index in [9.17, 15) is 9.90 Å². The van der Waals surface area contributed by atoms with Crippen molar-refractivity contribution in [1.29, 1.82) is 0 Å². The zero-order valence-corrected chi connectivity index (χ0v) is 13.8. The van der Waals surface area contributed by atoms with Gasteiger partial charge >= 0.3 is 5.97 Å². The van der Waals surface area contributed by atoms with E-state index < -0.39 is 11.8 Å². The van der Waals surface area contributed by atoms with Crippen LogP contribution in [0.1, 0.15) is 19.3 Å². The lowest BCUT2D eigenvalue weighted by Crippen LogP contribution is -2.48. The fourth-order valence-corrected chi connectivity index (χ4v) is 2.94. The van der Waals surface area contributed by atoms with Gasteiger partial charge in [-0.05, 0) is 24.6 Å². The molecule has 8 heteroatoms. The van der Waals surface area contributed by atoms with Crippen molar-refractivity contribution >= 4 is 23.0 Å². The van der Waals surface area contributed by atoms with Crippen LogP contribution in [0.2, 0.25) is 0 Å². The van der Waals surface area contributed by atoms with Crippen LogP contribution in [-0.4, -0.2) is 65.6 Å². The molecule has 0 aromatic heterocycles. The molecule has 8 nitrogen and oxygen atoms in total. The Morgan fingerprint density at radius 3 is 2.54 bits per heavy atom. The van der Waals surface area contributed by atoms with Crippen molar-refractivity contribution in [2.75, 3.05) is 48.5 Å². The van der Waals surface area contributed by atoms with Crippen LogP contribution in [-0.2, 0) is 4.79 Å². The minimum Gasteiger partial charge on any atom is -0.481 e. The highest BCUT2D eigenvalue weighted by molar-refractivity contribution is 5.80. The molecule has 1 aromatic rings. The van der Waals surface area contributed by atoms with Gasteiger partial charge in [-0.3, -0.25) is 4.79 Å². The zero-order chi connectivity index (χ0) is 17.7. The molecule has 2 rings (SSSR count). The molecule has 1 aliphatic rings. The Balaban J connectivity index is 2.15. The van der Waals surface area contributed by atoms with Crippen molar-refractivity contribution in [3.05, 3.63) is 18.2 Å². The molecular weight excluding hydrogens is 314 g/mol. The fraction of sp³-hybridized carbons (Fsp3) is 0.562. The third-order valence-corrected chi connectivity index (χ3v) is 4.25. The Bertz CT molecular complexity index is 577. The Morgan fingerprint density at radius 1 is 1.29 bits per heavy atom. The van der Waals surface area contributed by atoms with Crippen LogP contribution in [0.5, 0.6) is 0 Å². The van der Waals surface area contributed by atoms with Crippen molar-refractivity contribution < 1.29 is 25.2 Å². The van der Waals surface area contributed by atoms with Gasteiger partial charge in [0.25, 0.3) is 0 Å². The van der Waals surface area contributed by atoms with E-state index in [-0.39, 0.29) is 26.1 Å². The Kier molecular flexibility index (Phi) is 5.87. The van der Waals surface area contributed by atoms with Crippen molar-refractivity contribution in [1.82, 2.24) is 0 Å². The molecule has 0 fully saturated rings. The van der Waals surface area contributed by atoms with E-state index in [0.717, 1.165) is 17.1 Å². The SMILES string of the molecule is CN1c2ccc(N(CCO)CCO)cc2NC1(O)CCCC(=O)O. The van der Waals surface area contributed by atoms with Gasteiger partial charge in [-0.2, -0.15) is 0 Å². The average molecular weight is 339 g/mol. The van der Waals surface area contributed by atoms with Crippen LogP contribution in [0.15, 0.2) is 18.2 Å². The number of aliphatic hydroxyl groups excluding tert-OH is 2. The molecule has 134 valence electrons. The number of fused-ring (bicyclic) bond motifs is 1. The Hall–Kier alpha value is -2.03. The van der Waals surface area contributed by atoms with E-state index in [1.807, 2.05) is 23.1 Å². The predicted octanol–water partition coefficient (Wildman–Crippen LogP) is 0.240. The number of hydrogen-bond acceptors (Lipinski definition) is 7. The van der Waals surface area contributed by atoms with E-state index in [4.69, 9.17) is 15.3 Å². The smallest absolute Gasteiger partial charge is 0.303 e. The van der Waals surface area contributed by atoms with Gasteiger partial charge in [0.2, 0.25) is 5.85 Å². The minimum atomic E-state index is -1.32. The largest absolute Gasteiger partial charge is 0.481 e. The molecule has 0 spiro atoms. The number of aliphatic carboxylic acids is 1. The number of carboxylic acids is 1. The highest BCUT2D eigenvalue weighted by Gasteiger charge is 2.39. The monoisotopic (exact) mass is 339 g/mol. The van der Waals surface area contributed by atoms with Gasteiger partial charge in [-0.1, -0.05) is 0 Å². The average Bonchev–Trinajstić information content (AvgIpc) is 2.77. The number of carbonyl (C=O) groups is 1. The number of carboxylic acid groups (broad SMARTS) is 1. The molecular formula is C16H25N3O5. The topological polar surface area (TPSA) is 117 Å². The Morgan fingerprint density at radius 2 is 1.96 bits per heavy atom. The minimum absolute atomic E-state index is 0.000201. The van der Waals surface area contributed by atoms with E-state index in [0.29, 0.717) is 19.5 Å². The Labute approximate surface area is 140 Å². The summed E-state index contributed by atoms with van der Waals surface area (Å²) in [5, 5.41) is 40.9.